The summed E-state index contributed by atoms with van der Waals surface area (Å²) in [5, 5.41) is 7.60. The number of carboxylic acids is 1. The normalized spacial score (nSPS) is 9.62. The fourth-order valence-corrected chi connectivity index (χ4v) is 1.27. The summed E-state index contributed by atoms with van der Waals surface area (Å²) < 4.78 is 9.15. The van der Waals surface area contributed by atoms with Crippen molar-refractivity contribution in [3.63, 3.8) is 0 Å². The lowest BCUT2D eigenvalue weighted by molar-refractivity contribution is -0.139. The molecule has 6 heteroatoms. The number of hydrogen-bond donors (Lipinski definition) is 1. The Morgan fingerprint density at radius 1 is 1.12 bits per heavy atom. The molecule has 0 aliphatic carbocycles. The van der Waals surface area contributed by atoms with Crippen molar-refractivity contribution in [3.8, 4) is 0 Å². The average Bonchev–Trinajstić information content (AvgIpc) is 2.55. The summed E-state index contributed by atoms with van der Waals surface area (Å²) in [4.78, 5) is 29.8. The number of aliphatic carboxylic acids is 1. The summed E-state index contributed by atoms with van der Waals surface area (Å²) in [6.07, 6.45) is 7.78. The van der Waals surface area contributed by atoms with E-state index in [0.717, 1.165) is 25.2 Å². The van der Waals surface area contributed by atoms with Gasteiger partial charge in [0.05, 0.1) is 12.9 Å². The summed E-state index contributed by atoms with van der Waals surface area (Å²) >= 11 is 0. The standard InChI is InChI=1S/C11H20O2.C4H6O2.C3H4O2/c1-4-7-8-10(5-2)9-13-11(12)6-3;1-3-6-4(2)5;1-2-3(4)5/h6,10H,3-5,7-9H2,1-2H3;3H,1H2,2H3;2H,1H2,(H,4,5). The van der Waals surface area contributed by atoms with Crippen molar-refractivity contribution in [1.29, 1.82) is 0 Å². The molecule has 0 fully saturated rings. The third-order valence-electron chi connectivity index (χ3n) is 2.60. The number of carboxylic acid groups (broad SMARTS) is 1. The van der Waals surface area contributed by atoms with E-state index in [1.54, 1.807) is 0 Å². The Morgan fingerprint density at radius 2 is 1.67 bits per heavy atom. The molecule has 0 aliphatic heterocycles. The topological polar surface area (TPSA) is 89.9 Å². The lowest BCUT2D eigenvalue weighted by Crippen LogP contribution is -2.12. The van der Waals surface area contributed by atoms with E-state index < -0.39 is 5.97 Å². The maximum atomic E-state index is 10.8. The van der Waals surface area contributed by atoms with E-state index in [1.165, 1.54) is 25.8 Å². The molecule has 0 rings (SSSR count). The Bertz CT molecular complexity index is 387. The van der Waals surface area contributed by atoms with Crippen LogP contribution in [0.1, 0.15) is 46.5 Å². The second kappa shape index (κ2) is 20.6. The maximum Gasteiger partial charge on any atom is 0.330 e. The quantitative estimate of drug-likeness (QED) is 0.388. The lowest BCUT2D eigenvalue weighted by Gasteiger charge is -2.13. The Hall–Kier alpha value is -2.37. The first-order valence-corrected chi connectivity index (χ1v) is 7.71. The molecule has 0 aromatic heterocycles. The fraction of sp³-hybridized carbons (Fsp3) is 0.500. The van der Waals surface area contributed by atoms with Gasteiger partial charge in [-0.1, -0.05) is 52.8 Å². The van der Waals surface area contributed by atoms with Crippen molar-refractivity contribution in [2.24, 2.45) is 5.92 Å². The molecule has 0 radical (unpaired) electrons. The van der Waals surface area contributed by atoms with Crippen LogP contribution in [0.15, 0.2) is 38.2 Å². The molecule has 1 N–H and O–H groups in total. The highest BCUT2D eigenvalue weighted by Gasteiger charge is 2.07. The van der Waals surface area contributed by atoms with Gasteiger partial charge in [-0.05, 0) is 12.3 Å². The monoisotopic (exact) mass is 342 g/mol. The number of ether oxygens (including phenoxy) is 2. The Morgan fingerprint density at radius 3 is 1.92 bits per heavy atom. The van der Waals surface area contributed by atoms with Crippen LogP contribution in [0.5, 0.6) is 0 Å². The van der Waals surface area contributed by atoms with Crippen LogP contribution < -0.4 is 0 Å². The summed E-state index contributed by atoms with van der Waals surface area (Å²) in [7, 11) is 0. The van der Waals surface area contributed by atoms with Crippen LogP contribution in [0.4, 0.5) is 0 Å². The predicted octanol–water partition coefficient (Wildman–Crippen LogP) is 3.88. The third kappa shape index (κ3) is 27.9. The van der Waals surface area contributed by atoms with Gasteiger partial charge in [0.2, 0.25) is 0 Å². The molecule has 0 saturated carbocycles. The van der Waals surface area contributed by atoms with Crippen LogP contribution in [0.25, 0.3) is 0 Å². The highest BCUT2D eigenvalue weighted by molar-refractivity contribution is 5.81. The van der Waals surface area contributed by atoms with E-state index in [2.05, 4.69) is 38.3 Å². The molecule has 0 bridgehead atoms. The van der Waals surface area contributed by atoms with Gasteiger partial charge in [0.25, 0.3) is 0 Å². The van der Waals surface area contributed by atoms with E-state index in [0.29, 0.717) is 12.5 Å². The SMILES string of the molecule is C=CC(=O)O.C=CC(=O)OCC(CC)CCCC.C=COC(C)=O. The summed E-state index contributed by atoms with van der Waals surface area (Å²) in [6, 6.07) is 0. The first kappa shape index (κ1) is 26.5. The van der Waals surface area contributed by atoms with Crippen LogP contribution in [0.2, 0.25) is 0 Å². The zero-order valence-corrected chi connectivity index (χ0v) is 15.0. The molecule has 138 valence electrons. The van der Waals surface area contributed by atoms with Gasteiger partial charge < -0.3 is 14.6 Å². The van der Waals surface area contributed by atoms with Crippen LogP contribution in [-0.4, -0.2) is 29.6 Å². The summed E-state index contributed by atoms with van der Waals surface area (Å²) in [6.45, 7) is 15.6. The zero-order chi connectivity index (χ0) is 19.4. The molecule has 0 heterocycles. The molecular weight excluding hydrogens is 312 g/mol. The van der Waals surface area contributed by atoms with Gasteiger partial charge in [-0.15, -0.1) is 0 Å². The molecule has 1 atom stereocenters. The molecule has 0 aromatic rings. The third-order valence-corrected chi connectivity index (χ3v) is 2.60. The van der Waals surface area contributed by atoms with E-state index in [9.17, 15) is 14.4 Å². The fourth-order valence-electron chi connectivity index (χ4n) is 1.27. The second-order valence-corrected chi connectivity index (χ2v) is 4.57. The maximum absolute atomic E-state index is 10.8. The van der Waals surface area contributed by atoms with Crippen LogP contribution in [-0.2, 0) is 23.9 Å². The van der Waals surface area contributed by atoms with E-state index in [4.69, 9.17) is 9.84 Å². The zero-order valence-electron chi connectivity index (χ0n) is 15.0. The molecule has 0 aromatic carbocycles. The van der Waals surface area contributed by atoms with Crippen LogP contribution >= 0.6 is 0 Å². The van der Waals surface area contributed by atoms with Gasteiger partial charge in [-0.3, -0.25) is 4.79 Å². The van der Waals surface area contributed by atoms with Crippen molar-refractivity contribution in [3.05, 3.63) is 38.2 Å². The van der Waals surface area contributed by atoms with Gasteiger partial charge in [0, 0.05) is 19.1 Å². The van der Waals surface area contributed by atoms with Gasteiger partial charge in [-0.2, -0.15) is 0 Å². The highest BCUT2D eigenvalue weighted by Crippen LogP contribution is 2.12. The molecule has 24 heavy (non-hydrogen) atoms. The van der Waals surface area contributed by atoms with Crippen molar-refractivity contribution in [1.82, 2.24) is 0 Å². The summed E-state index contributed by atoms with van der Waals surface area (Å²) in [5.74, 6) is -1.10. The van der Waals surface area contributed by atoms with E-state index in [-0.39, 0.29) is 11.9 Å². The Balaban J connectivity index is -0.000000332. The first-order valence-electron chi connectivity index (χ1n) is 7.71. The molecule has 0 saturated heterocycles. The minimum atomic E-state index is -0.981. The molecule has 6 nitrogen and oxygen atoms in total. The van der Waals surface area contributed by atoms with Crippen LogP contribution in [0, 0.1) is 5.92 Å². The minimum Gasteiger partial charge on any atom is -0.478 e. The van der Waals surface area contributed by atoms with Gasteiger partial charge in [-0.25, -0.2) is 9.59 Å². The Kier molecular flexibility index (Phi) is 22.8. The summed E-state index contributed by atoms with van der Waals surface area (Å²) in [5.41, 5.74) is 0. The Labute approximate surface area is 144 Å². The molecule has 0 spiro atoms. The number of carbonyl (C=O) groups is 3. The van der Waals surface area contributed by atoms with Gasteiger partial charge in [0.1, 0.15) is 0 Å². The molecular formula is C18H30O6. The number of unbranched alkanes of at least 4 members (excludes halogenated alkanes) is 1. The largest absolute Gasteiger partial charge is 0.478 e. The van der Waals surface area contributed by atoms with Gasteiger partial charge in [0.15, 0.2) is 0 Å². The lowest BCUT2D eigenvalue weighted by atomic mass is 10.0. The minimum absolute atomic E-state index is 0.310. The van der Waals surface area contributed by atoms with Crippen molar-refractivity contribution in [2.45, 2.75) is 46.5 Å². The molecule has 1 unspecified atom stereocenters. The second-order valence-electron chi connectivity index (χ2n) is 4.57. The number of rotatable bonds is 9. The van der Waals surface area contributed by atoms with Crippen molar-refractivity contribution >= 4 is 17.9 Å². The van der Waals surface area contributed by atoms with Crippen molar-refractivity contribution < 1.29 is 29.0 Å². The average molecular weight is 342 g/mol. The smallest absolute Gasteiger partial charge is 0.330 e. The highest BCUT2D eigenvalue weighted by atomic mass is 16.5. The van der Waals surface area contributed by atoms with E-state index >= 15 is 0 Å². The van der Waals surface area contributed by atoms with Crippen molar-refractivity contribution in [2.75, 3.05) is 6.61 Å². The molecule has 0 amide bonds. The predicted molar refractivity (Wildman–Crippen MR) is 94.3 cm³/mol. The number of esters is 2. The molecule has 0 aliphatic rings. The number of carbonyl (C=O) groups excluding carboxylic acids is 2. The van der Waals surface area contributed by atoms with E-state index in [1.807, 2.05) is 0 Å². The number of hydrogen-bond acceptors (Lipinski definition) is 5. The van der Waals surface area contributed by atoms with Crippen LogP contribution in [0.3, 0.4) is 0 Å². The van der Waals surface area contributed by atoms with Gasteiger partial charge >= 0.3 is 17.9 Å². The first-order chi connectivity index (χ1) is 11.3.